The number of pyridine rings is 1. The molecule has 4 fully saturated rings. The molecule has 0 spiro atoms. The summed E-state index contributed by atoms with van der Waals surface area (Å²) in [5, 5.41) is 23.2. The fourth-order valence-electron chi connectivity index (χ4n) is 8.57. The first-order valence-electron chi connectivity index (χ1n) is 18.6. The maximum atomic E-state index is 12.1. The number of para-hydroxylation sites is 1. The Morgan fingerprint density at radius 1 is 0.942 bits per heavy atom. The Balaban J connectivity index is 0.823. The van der Waals surface area contributed by atoms with Crippen LogP contribution in [0.15, 0.2) is 59.3 Å². The van der Waals surface area contributed by atoms with E-state index in [0.717, 1.165) is 81.9 Å². The molecular weight excluding hydrogens is 660 g/mol. The Labute approximate surface area is 304 Å². The van der Waals surface area contributed by atoms with E-state index in [9.17, 15) is 9.90 Å². The highest BCUT2D eigenvalue weighted by atomic mass is 16.5. The third-order valence-electron chi connectivity index (χ3n) is 11.2. The molecule has 1 saturated carbocycles. The van der Waals surface area contributed by atoms with Gasteiger partial charge in [-0.1, -0.05) is 31.1 Å². The number of phenolic OH excluding ortho intramolecular Hbond substituents is 1. The number of rotatable bonds is 11. The minimum absolute atomic E-state index is 0.0885. The third kappa shape index (κ3) is 6.85. The monoisotopic (exact) mass is 708 g/mol. The van der Waals surface area contributed by atoms with E-state index in [1.807, 2.05) is 44.3 Å². The molecule has 3 unspecified atom stereocenters. The fraction of sp³-hybridized carbons (Fsp3) is 0.513. The number of hydrogen-bond acceptors (Lipinski definition) is 13. The number of piperazine rings is 1. The number of hydrogen-bond donors (Lipinski definition) is 2. The summed E-state index contributed by atoms with van der Waals surface area (Å²) in [7, 11) is 0. The van der Waals surface area contributed by atoms with Gasteiger partial charge in [-0.2, -0.15) is 0 Å². The molecule has 8 rings (SSSR count). The number of carbonyl (C=O) groups excluding carboxylic acids is 1. The van der Waals surface area contributed by atoms with Gasteiger partial charge in [0.05, 0.1) is 29.5 Å². The number of aromatic hydroxyl groups is 1. The number of fused-ring (bicyclic) bond motifs is 2. The lowest BCUT2D eigenvalue weighted by Crippen LogP contribution is -2.54. The first-order valence-corrected chi connectivity index (χ1v) is 18.6. The highest BCUT2D eigenvalue weighted by molar-refractivity contribution is 5.83. The first-order chi connectivity index (χ1) is 25.2. The van der Waals surface area contributed by atoms with Gasteiger partial charge in [-0.3, -0.25) is 4.79 Å². The molecule has 4 aromatic rings. The molecule has 13 nitrogen and oxygen atoms in total. The van der Waals surface area contributed by atoms with Crippen LogP contribution in [0.3, 0.4) is 0 Å². The quantitative estimate of drug-likeness (QED) is 0.199. The molecule has 3 aliphatic heterocycles. The van der Waals surface area contributed by atoms with E-state index in [4.69, 9.17) is 19.7 Å². The lowest BCUT2D eigenvalue weighted by molar-refractivity contribution is -0.119. The zero-order valence-corrected chi connectivity index (χ0v) is 30.1. The molecule has 0 radical (unpaired) electrons. The van der Waals surface area contributed by atoms with Crippen molar-refractivity contribution in [3.8, 4) is 22.9 Å². The number of phenols is 1. The molecule has 3 atom stereocenters. The molecular formula is C39H48N8O5. The van der Waals surface area contributed by atoms with Crippen LogP contribution < -0.4 is 25.2 Å². The van der Waals surface area contributed by atoms with Crippen LogP contribution in [-0.4, -0.2) is 87.8 Å². The van der Waals surface area contributed by atoms with Crippen molar-refractivity contribution in [2.45, 2.75) is 95.6 Å². The van der Waals surface area contributed by atoms with E-state index >= 15 is 0 Å². The lowest BCUT2D eigenvalue weighted by atomic mass is 9.90. The van der Waals surface area contributed by atoms with Crippen molar-refractivity contribution in [2.24, 2.45) is 5.92 Å². The molecule has 274 valence electrons. The zero-order valence-electron chi connectivity index (χ0n) is 30.1. The Morgan fingerprint density at radius 3 is 2.40 bits per heavy atom. The summed E-state index contributed by atoms with van der Waals surface area (Å²) in [6.45, 7) is 8.98. The number of ketones is 1. The SMILES string of the molecule is CC(=O)C(c1cc(N2CCC(OC3CC(Oc4cc(N5C6CCC5CN(c5cc(-c7ccccc7O)nnc5N)C6)ccn4)C3)CC2)no1)C(C)C. The maximum absolute atomic E-state index is 12.1. The van der Waals surface area contributed by atoms with Crippen LogP contribution in [0.5, 0.6) is 11.6 Å². The highest BCUT2D eigenvalue weighted by Crippen LogP contribution is 2.40. The number of aromatic nitrogens is 4. The first kappa shape index (κ1) is 34.2. The molecule has 6 heterocycles. The normalized spacial score (nSPS) is 23.9. The summed E-state index contributed by atoms with van der Waals surface area (Å²) in [6, 6.07) is 15.8. The molecule has 2 bridgehead atoms. The number of anilines is 4. The van der Waals surface area contributed by atoms with Crippen LogP contribution in [0.4, 0.5) is 23.0 Å². The zero-order chi connectivity index (χ0) is 35.9. The summed E-state index contributed by atoms with van der Waals surface area (Å²) in [4.78, 5) is 23.8. The van der Waals surface area contributed by atoms with Gasteiger partial charge in [0, 0.05) is 80.7 Å². The van der Waals surface area contributed by atoms with Gasteiger partial charge >= 0.3 is 0 Å². The summed E-state index contributed by atoms with van der Waals surface area (Å²) in [5.74, 6) is 2.67. The van der Waals surface area contributed by atoms with Crippen LogP contribution in [0.1, 0.15) is 71.0 Å². The second kappa shape index (κ2) is 14.3. The van der Waals surface area contributed by atoms with Crippen LogP contribution in [0.25, 0.3) is 11.3 Å². The number of piperidine rings is 1. The smallest absolute Gasteiger partial charge is 0.215 e. The fourth-order valence-corrected chi connectivity index (χ4v) is 8.57. The molecule has 3 N–H and O–H groups in total. The van der Waals surface area contributed by atoms with Crippen molar-refractivity contribution in [2.75, 3.05) is 46.6 Å². The number of nitrogen functional groups attached to an aromatic ring is 1. The molecule has 3 aromatic heterocycles. The highest BCUT2D eigenvalue weighted by Gasteiger charge is 2.41. The third-order valence-corrected chi connectivity index (χ3v) is 11.2. The van der Waals surface area contributed by atoms with E-state index in [1.54, 1.807) is 19.1 Å². The van der Waals surface area contributed by atoms with Gasteiger partial charge in [-0.05, 0) is 62.8 Å². The van der Waals surface area contributed by atoms with Crippen molar-refractivity contribution >= 4 is 28.8 Å². The van der Waals surface area contributed by atoms with Crippen molar-refractivity contribution in [1.82, 2.24) is 20.3 Å². The maximum Gasteiger partial charge on any atom is 0.215 e. The van der Waals surface area contributed by atoms with Crippen LogP contribution in [0.2, 0.25) is 0 Å². The van der Waals surface area contributed by atoms with Crippen LogP contribution in [0, 0.1) is 5.92 Å². The van der Waals surface area contributed by atoms with Gasteiger partial charge < -0.3 is 39.5 Å². The van der Waals surface area contributed by atoms with E-state index in [1.165, 1.54) is 0 Å². The standard InChI is InChI=1S/C39H48N8O5/c1-23(2)38(24(3)48)35-20-36(44-52-35)45-14-11-28(12-15-45)50-29-17-30(18-29)51-37-16-25(10-13-41-37)47-26-8-9-27(47)22-46(21-26)33-19-32(42-43-39(33)40)31-6-4-5-7-34(31)49/h4-7,10,13,16,19-20,23,26-30,38,49H,8-9,11-12,14-15,17-18,21-22H2,1-3H3,(H2,40,43). The van der Waals surface area contributed by atoms with E-state index in [2.05, 4.69) is 47.2 Å². The van der Waals surface area contributed by atoms with Crippen molar-refractivity contribution in [3.05, 3.63) is 60.5 Å². The number of Topliss-reactive ketones (excluding diaryl/α,β-unsaturated/α-hetero) is 1. The largest absolute Gasteiger partial charge is 0.507 e. The van der Waals surface area contributed by atoms with Gasteiger partial charge in [0.2, 0.25) is 5.88 Å². The summed E-state index contributed by atoms with van der Waals surface area (Å²) in [6.07, 6.45) is 8.07. The molecule has 1 aromatic carbocycles. The lowest BCUT2D eigenvalue weighted by Gasteiger charge is -2.43. The topological polar surface area (TPSA) is 156 Å². The average Bonchev–Trinajstić information content (AvgIpc) is 3.69. The number of nitrogens with zero attached hydrogens (tertiary/aromatic N) is 7. The molecule has 13 heteroatoms. The minimum Gasteiger partial charge on any atom is -0.507 e. The molecule has 3 saturated heterocycles. The molecule has 1 aliphatic carbocycles. The van der Waals surface area contributed by atoms with Crippen molar-refractivity contribution in [1.29, 1.82) is 0 Å². The van der Waals surface area contributed by atoms with E-state index < -0.39 is 0 Å². The Hall–Kier alpha value is -4.91. The number of nitrogens with two attached hydrogens (primary N) is 1. The van der Waals surface area contributed by atoms with Gasteiger partial charge in [-0.15, -0.1) is 10.2 Å². The Morgan fingerprint density at radius 2 is 1.69 bits per heavy atom. The number of carbonyl (C=O) groups is 1. The Bertz CT molecular complexity index is 1870. The van der Waals surface area contributed by atoms with Crippen molar-refractivity contribution in [3.63, 3.8) is 0 Å². The number of benzene rings is 1. The summed E-state index contributed by atoms with van der Waals surface area (Å²) >= 11 is 0. The number of ether oxygens (including phenoxy) is 2. The van der Waals surface area contributed by atoms with Crippen molar-refractivity contribution < 1.29 is 23.9 Å². The van der Waals surface area contributed by atoms with E-state index in [0.29, 0.717) is 40.8 Å². The summed E-state index contributed by atoms with van der Waals surface area (Å²) < 4.78 is 18.4. The predicted molar refractivity (Wildman–Crippen MR) is 198 cm³/mol. The van der Waals surface area contributed by atoms with Crippen LogP contribution >= 0.6 is 0 Å². The minimum atomic E-state index is -0.261. The molecule has 4 aliphatic rings. The van der Waals surface area contributed by atoms with E-state index in [-0.39, 0.29) is 41.7 Å². The molecule has 0 amide bonds. The van der Waals surface area contributed by atoms with Crippen LogP contribution in [-0.2, 0) is 9.53 Å². The average molecular weight is 709 g/mol. The van der Waals surface area contributed by atoms with Gasteiger partial charge in [0.25, 0.3) is 0 Å². The second-order valence-electron chi connectivity index (χ2n) is 15.1. The molecule has 52 heavy (non-hydrogen) atoms. The Kier molecular flexibility index (Phi) is 9.37. The van der Waals surface area contributed by atoms with Gasteiger partial charge in [0.15, 0.2) is 11.6 Å². The van der Waals surface area contributed by atoms with Gasteiger partial charge in [-0.25, -0.2) is 4.98 Å². The summed E-state index contributed by atoms with van der Waals surface area (Å²) in [5.41, 5.74) is 9.57. The predicted octanol–water partition coefficient (Wildman–Crippen LogP) is 5.60. The van der Waals surface area contributed by atoms with Gasteiger partial charge in [0.1, 0.15) is 23.4 Å². The second-order valence-corrected chi connectivity index (χ2v) is 15.1.